The normalized spacial score (nSPS) is 19.8. The van der Waals surface area contributed by atoms with E-state index in [4.69, 9.17) is 5.41 Å². The van der Waals surface area contributed by atoms with E-state index in [9.17, 15) is 4.79 Å². The predicted molar refractivity (Wildman–Crippen MR) is 60.4 cm³/mol. The number of nitrogens with one attached hydrogen (secondary N) is 2. The van der Waals surface area contributed by atoms with Crippen LogP contribution >= 0.6 is 23.1 Å². The summed E-state index contributed by atoms with van der Waals surface area (Å²) in [5.41, 5.74) is 0.949. The van der Waals surface area contributed by atoms with Gasteiger partial charge in [0.1, 0.15) is 0 Å². The smallest absolute Gasteiger partial charge is 0.264 e. The Hall–Kier alpha value is -1.07. The molecule has 1 aromatic rings. The minimum Gasteiger partial charge on any atom is -0.301 e. The minimum atomic E-state index is -0.161. The minimum absolute atomic E-state index is 0.161. The average molecular weight is 224 g/mol. The second kappa shape index (κ2) is 3.59. The van der Waals surface area contributed by atoms with Crippen molar-refractivity contribution < 1.29 is 4.79 Å². The van der Waals surface area contributed by atoms with E-state index in [1.807, 2.05) is 24.4 Å². The monoisotopic (exact) mass is 224 g/mol. The van der Waals surface area contributed by atoms with E-state index in [0.717, 1.165) is 10.5 Å². The lowest BCUT2D eigenvalue weighted by Crippen LogP contribution is -2.18. The molecular weight excluding hydrogens is 216 g/mol. The molecule has 2 N–H and O–H groups in total. The lowest BCUT2D eigenvalue weighted by atomic mass is 10.2. The van der Waals surface area contributed by atoms with E-state index in [1.54, 1.807) is 11.3 Å². The van der Waals surface area contributed by atoms with Gasteiger partial charge in [-0.05, 0) is 35.7 Å². The molecule has 1 saturated heterocycles. The molecule has 0 unspecified atom stereocenters. The van der Waals surface area contributed by atoms with Gasteiger partial charge in [0.15, 0.2) is 5.17 Å². The lowest BCUT2D eigenvalue weighted by Gasteiger charge is -1.98. The van der Waals surface area contributed by atoms with Gasteiger partial charge in [0, 0.05) is 4.88 Å². The zero-order valence-electron chi connectivity index (χ0n) is 7.46. The summed E-state index contributed by atoms with van der Waals surface area (Å²) >= 11 is 2.79. The second-order valence-corrected chi connectivity index (χ2v) is 4.79. The summed E-state index contributed by atoms with van der Waals surface area (Å²) in [4.78, 5) is 13.1. The van der Waals surface area contributed by atoms with Gasteiger partial charge in [-0.2, -0.15) is 0 Å². The third-order valence-electron chi connectivity index (χ3n) is 1.87. The fourth-order valence-electron chi connectivity index (χ4n) is 1.18. The number of thioether (sulfide) groups is 1. The highest BCUT2D eigenvalue weighted by molar-refractivity contribution is 8.18. The van der Waals surface area contributed by atoms with Crippen molar-refractivity contribution in [3.05, 3.63) is 27.3 Å². The molecule has 1 aliphatic heterocycles. The zero-order valence-corrected chi connectivity index (χ0v) is 9.09. The Bertz CT molecular complexity index is 420. The van der Waals surface area contributed by atoms with Gasteiger partial charge < -0.3 is 5.32 Å². The molecule has 0 spiro atoms. The van der Waals surface area contributed by atoms with Gasteiger partial charge in [0.25, 0.3) is 5.91 Å². The molecule has 3 nitrogen and oxygen atoms in total. The fraction of sp³-hybridized carbons (Fsp3) is 0.111. The molecule has 1 aliphatic rings. The van der Waals surface area contributed by atoms with Crippen LogP contribution in [-0.2, 0) is 4.79 Å². The van der Waals surface area contributed by atoms with Crippen LogP contribution in [-0.4, -0.2) is 11.1 Å². The van der Waals surface area contributed by atoms with Crippen LogP contribution in [0.2, 0.25) is 0 Å². The summed E-state index contributed by atoms with van der Waals surface area (Å²) in [6, 6.07) is 3.93. The number of allylic oxidation sites excluding steroid dienone is 1. The maximum atomic E-state index is 11.4. The maximum absolute atomic E-state index is 11.4. The maximum Gasteiger partial charge on any atom is 0.264 e. The molecule has 0 bridgehead atoms. The first kappa shape index (κ1) is 9.48. The Balaban J connectivity index is 2.41. The number of hydrogen-bond acceptors (Lipinski definition) is 4. The third kappa shape index (κ3) is 1.60. The Morgan fingerprint density at radius 2 is 2.36 bits per heavy atom. The molecule has 2 rings (SSSR count). The lowest BCUT2D eigenvalue weighted by molar-refractivity contribution is -0.115. The number of thiophene rings is 1. The van der Waals surface area contributed by atoms with Crippen molar-refractivity contribution in [1.82, 2.24) is 5.32 Å². The summed E-state index contributed by atoms with van der Waals surface area (Å²) < 4.78 is 0. The first-order valence-corrected chi connectivity index (χ1v) is 5.70. The van der Waals surface area contributed by atoms with E-state index in [-0.39, 0.29) is 11.1 Å². The van der Waals surface area contributed by atoms with E-state index < -0.39 is 0 Å². The molecule has 1 fully saturated rings. The highest BCUT2D eigenvalue weighted by Gasteiger charge is 2.25. The SMILES string of the molecule is C/C(=C1\SC(=N)NC1=O)c1cccs1. The number of rotatable bonds is 1. The molecular formula is C9H8N2OS2. The van der Waals surface area contributed by atoms with Gasteiger partial charge in [0.05, 0.1) is 4.91 Å². The number of carbonyl (C=O) groups is 1. The largest absolute Gasteiger partial charge is 0.301 e. The highest BCUT2D eigenvalue weighted by atomic mass is 32.2. The highest BCUT2D eigenvalue weighted by Crippen LogP contribution is 2.32. The molecule has 2 heterocycles. The molecule has 1 aromatic heterocycles. The van der Waals surface area contributed by atoms with Crippen LogP contribution in [0.3, 0.4) is 0 Å². The van der Waals surface area contributed by atoms with Crippen molar-refractivity contribution in [3.8, 4) is 0 Å². The van der Waals surface area contributed by atoms with Crippen LogP contribution in [0.5, 0.6) is 0 Å². The van der Waals surface area contributed by atoms with Crippen LogP contribution in [0.15, 0.2) is 22.4 Å². The summed E-state index contributed by atoms with van der Waals surface area (Å²) in [5, 5.41) is 12.0. The molecule has 0 radical (unpaired) electrons. The van der Waals surface area contributed by atoms with Gasteiger partial charge in [0.2, 0.25) is 0 Å². The van der Waals surface area contributed by atoms with Crippen molar-refractivity contribution in [1.29, 1.82) is 5.41 Å². The fourth-order valence-corrected chi connectivity index (χ4v) is 2.74. The molecule has 0 saturated carbocycles. The van der Waals surface area contributed by atoms with Crippen LogP contribution in [0.1, 0.15) is 11.8 Å². The van der Waals surface area contributed by atoms with Crippen LogP contribution in [0, 0.1) is 5.41 Å². The van der Waals surface area contributed by atoms with Crippen molar-refractivity contribution in [2.45, 2.75) is 6.92 Å². The number of amides is 1. The Labute approximate surface area is 89.7 Å². The molecule has 1 amide bonds. The molecule has 14 heavy (non-hydrogen) atoms. The molecule has 72 valence electrons. The first-order chi connectivity index (χ1) is 6.68. The number of carbonyl (C=O) groups excluding carboxylic acids is 1. The standard InChI is InChI=1S/C9H8N2OS2/c1-5(6-3-2-4-13-6)7-8(12)11-9(10)14-7/h2-4H,1H3,(H2,10,11,12)/b7-5+. The first-order valence-electron chi connectivity index (χ1n) is 4.01. The van der Waals surface area contributed by atoms with Gasteiger partial charge >= 0.3 is 0 Å². The predicted octanol–water partition coefficient (Wildman–Crippen LogP) is 2.28. The molecule has 0 atom stereocenters. The summed E-state index contributed by atoms with van der Waals surface area (Å²) in [6.07, 6.45) is 0. The van der Waals surface area contributed by atoms with Gasteiger partial charge in [-0.1, -0.05) is 6.07 Å². The summed E-state index contributed by atoms with van der Waals surface area (Å²) in [6.45, 7) is 1.91. The van der Waals surface area contributed by atoms with Gasteiger partial charge in [-0.3, -0.25) is 10.2 Å². The Kier molecular flexibility index (Phi) is 2.43. The molecule has 5 heteroatoms. The van der Waals surface area contributed by atoms with Crippen molar-refractivity contribution in [2.75, 3.05) is 0 Å². The Morgan fingerprint density at radius 1 is 1.57 bits per heavy atom. The van der Waals surface area contributed by atoms with E-state index in [1.165, 1.54) is 11.8 Å². The average Bonchev–Trinajstić information content (AvgIpc) is 2.73. The third-order valence-corrected chi connectivity index (χ3v) is 3.86. The van der Waals surface area contributed by atoms with Crippen LogP contribution in [0.25, 0.3) is 5.57 Å². The van der Waals surface area contributed by atoms with Crippen molar-refractivity contribution in [2.24, 2.45) is 0 Å². The van der Waals surface area contributed by atoms with E-state index in [2.05, 4.69) is 5.32 Å². The van der Waals surface area contributed by atoms with Crippen LogP contribution in [0.4, 0.5) is 0 Å². The van der Waals surface area contributed by atoms with Gasteiger partial charge in [-0.15, -0.1) is 11.3 Å². The number of hydrogen-bond donors (Lipinski definition) is 2. The van der Waals surface area contributed by atoms with E-state index >= 15 is 0 Å². The second-order valence-electron chi connectivity index (χ2n) is 2.82. The number of amidine groups is 1. The molecule has 0 aromatic carbocycles. The molecule has 0 aliphatic carbocycles. The van der Waals surface area contributed by atoms with Crippen molar-refractivity contribution >= 4 is 39.7 Å². The quantitative estimate of drug-likeness (QED) is 0.719. The van der Waals surface area contributed by atoms with Crippen LogP contribution < -0.4 is 5.32 Å². The van der Waals surface area contributed by atoms with Crippen molar-refractivity contribution in [3.63, 3.8) is 0 Å². The summed E-state index contributed by atoms with van der Waals surface area (Å²) in [5.74, 6) is -0.161. The van der Waals surface area contributed by atoms with Gasteiger partial charge in [-0.25, -0.2) is 0 Å². The summed E-state index contributed by atoms with van der Waals surface area (Å²) in [7, 11) is 0. The van der Waals surface area contributed by atoms with E-state index in [0.29, 0.717) is 4.91 Å². The topological polar surface area (TPSA) is 53.0 Å². The Morgan fingerprint density at radius 3 is 2.86 bits per heavy atom. The zero-order chi connectivity index (χ0) is 10.1.